The first-order chi connectivity index (χ1) is 7.95. The Morgan fingerprint density at radius 2 is 1.94 bits per heavy atom. The van der Waals surface area contributed by atoms with E-state index in [0.717, 1.165) is 11.1 Å². The van der Waals surface area contributed by atoms with E-state index in [2.05, 4.69) is 10.6 Å². The number of benzene rings is 1. The molecule has 0 spiro atoms. The van der Waals surface area contributed by atoms with Crippen molar-refractivity contribution in [2.24, 2.45) is 0 Å². The van der Waals surface area contributed by atoms with E-state index in [4.69, 9.17) is 0 Å². The lowest BCUT2D eigenvalue weighted by atomic mass is 10.1. The minimum absolute atomic E-state index is 0.0856. The Bertz CT molecular complexity index is 458. The van der Waals surface area contributed by atoms with Crippen LogP contribution >= 0.6 is 0 Å². The minimum atomic E-state index is -0.499. The van der Waals surface area contributed by atoms with Gasteiger partial charge in [0.15, 0.2) is 0 Å². The van der Waals surface area contributed by atoms with E-state index in [1.165, 1.54) is 6.07 Å². The van der Waals surface area contributed by atoms with Crippen molar-refractivity contribution in [2.75, 3.05) is 18.9 Å². The highest BCUT2D eigenvalue weighted by Crippen LogP contribution is 2.27. The number of nitrogens with one attached hydrogen (secondary N) is 2. The Labute approximate surface area is 99.2 Å². The third-order valence-electron chi connectivity index (χ3n) is 2.42. The molecule has 0 bridgehead atoms. The summed E-state index contributed by atoms with van der Waals surface area (Å²) in [6.07, 6.45) is 0. The number of anilines is 1. The van der Waals surface area contributed by atoms with Crippen molar-refractivity contribution >= 4 is 17.3 Å². The molecule has 92 valence electrons. The van der Waals surface area contributed by atoms with Crippen LogP contribution in [0.2, 0.25) is 0 Å². The molecule has 0 aliphatic rings. The average molecular weight is 237 g/mol. The minimum Gasteiger partial charge on any atom is -0.319 e. The number of hydrogen-bond acceptors (Lipinski definition) is 4. The van der Waals surface area contributed by atoms with Gasteiger partial charge < -0.3 is 10.6 Å². The Morgan fingerprint density at radius 3 is 2.47 bits per heavy atom. The largest absolute Gasteiger partial charge is 0.319 e. The van der Waals surface area contributed by atoms with E-state index < -0.39 is 4.92 Å². The van der Waals surface area contributed by atoms with Crippen LogP contribution in [0.4, 0.5) is 11.4 Å². The highest BCUT2D eigenvalue weighted by molar-refractivity contribution is 5.94. The van der Waals surface area contributed by atoms with Gasteiger partial charge in [-0.3, -0.25) is 14.9 Å². The second kappa shape index (κ2) is 5.40. The van der Waals surface area contributed by atoms with E-state index in [1.807, 2.05) is 6.92 Å². The number of carbonyl (C=O) groups excluding carboxylic acids is 1. The van der Waals surface area contributed by atoms with E-state index in [1.54, 1.807) is 20.0 Å². The van der Waals surface area contributed by atoms with Gasteiger partial charge in [0.1, 0.15) is 5.69 Å². The van der Waals surface area contributed by atoms with Gasteiger partial charge in [-0.2, -0.15) is 0 Å². The van der Waals surface area contributed by atoms with Crippen LogP contribution in [0.5, 0.6) is 0 Å². The molecule has 6 heteroatoms. The van der Waals surface area contributed by atoms with Crippen LogP contribution in [-0.2, 0) is 4.79 Å². The van der Waals surface area contributed by atoms with Gasteiger partial charge in [0.25, 0.3) is 5.69 Å². The normalized spacial score (nSPS) is 10.1. The molecule has 6 nitrogen and oxygen atoms in total. The van der Waals surface area contributed by atoms with E-state index in [0.29, 0.717) is 0 Å². The number of hydrogen-bond donors (Lipinski definition) is 2. The molecule has 0 aromatic heterocycles. The maximum absolute atomic E-state index is 11.4. The number of aryl methyl sites for hydroxylation is 2. The second-order valence-electron chi connectivity index (χ2n) is 3.79. The summed E-state index contributed by atoms with van der Waals surface area (Å²) in [7, 11) is 1.63. The summed E-state index contributed by atoms with van der Waals surface area (Å²) in [6.45, 7) is 3.75. The number of nitro groups is 1. The standard InChI is InChI=1S/C11H15N3O3/c1-7-4-9(13-11(15)6-12-3)10(14(16)17)5-8(7)2/h4-5,12H,6H2,1-3H3,(H,13,15). The van der Waals surface area contributed by atoms with Gasteiger partial charge in [0.05, 0.1) is 11.5 Å². The van der Waals surface area contributed by atoms with Crippen molar-refractivity contribution in [3.8, 4) is 0 Å². The van der Waals surface area contributed by atoms with Crippen LogP contribution in [0.3, 0.4) is 0 Å². The van der Waals surface area contributed by atoms with Gasteiger partial charge in [0.2, 0.25) is 5.91 Å². The van der Waals surface area contributed by atoms with Crippen LogP contribution < -0.4 is 10.6 Å². The van der Waals surface area contributed by atoms with Crippen molar-refractivity contribution in [2.45, 2.75) is 13.8 Å². The maximum Gasteiger partial charge on any atom is 0.293 e. The first-order valence-electron chi connectivity index (χ1n) is 5.15. The second-order valence-corrected chi connectivity index (χ2v) is 3.79. The van der Waals surface area contributed by atoms with Crippen LogP contribution in [0.15, 0.2) is 12.1 Å². The molecule has 1 amide bonds. The molecular formula is C11H15N3O3. The number of likely N-dealkylation sites (N-methyl/N-ethyl adjacent to an activating group) is 1. The van der Waals surface area contributed by atoms with Gasteiger partial charge in [0, 0.05) is 6.07 Å². The van der Waals surface area contributed by atoms with E-state index in [9.17, 15) is 14.9 Å². The van der Waals surface area contributed by atoms with Crippen LogP contribution in [0, 0.1) is 24.0 Å². The molecule has 1 aromatic carbocycles. The molecule has 17 heavy (non-hydrogen) atoms. The monoisotopic (exact) mass is 237 g/mol. The number of rotatable bonds is 4. The van der Waals surface area contributed by atoms with Gasteiger partial charge in [-0.1, -0.05) is 0 Å². The first-order valence-corrected chi connectivity index (χ1v) is 5.15. The van der Waals surface area contributed by atoms with E-state index >= 15 is 0 Å². The molecule has 0 radical (unpaired) electrons. The number of carbonyl (C=O) groups is 1. The van der Waals surface area contributed by atoms with Crippen molar-refractivity contribution < 1.29 is 9.72 Å². The fourth-order valence-corrected chi connectivity index (χ4v) is 1.41. The molecule has 1 rings (SSSR count). The Morgan fingerprint density at radius 1 is 1.35 bits per heavy atom. The predicted molar refractivity (Wildman–Crippen MR) is 65.1 cm³/mol. The summed E-state index contributed by atoms with van der Waals surface area (Å²) in [5, 5.41) is 16.1. The number of nitrogens with zero attached hydrogens (tertiary/aromatic N) is 1. The molecule has 0 fully saturated rings. The molecular weight excluding hydrogens is 222 g/mol. The Kier molecular flexibility index (Phi) is 4.17. The summed E-state index contributed by atoms with van der Waals surface area (Å²) in [4.78, 5) is 21.8. The Balaban J connectivity index is 3.08. The molecule has 0 saturated carbocycles. The molecule has 0 aliphatic heterocycles. The third kappa shape index (κ3) is 3.25. The van der Waals surface area contributed by atoms with Gasteiger partial charge in [-0.15, -0.1) is 0 Å². The van der Waals surface area contributed by atoms with Crippen molar-refractivity contribution in [3.05, 3.63) is 33.4 Å². The van der Waals surface area contributed by atoms with Crippen LogP contribution in [0.25, 0.3) is 0 Å². The quantitative estimate of drug-likeness (QED) is 0.612. The highest BCUT2D eigenvalue weighted by Gasteiger charge is 2.17. The van der Waals surface area contributed by atoms with Gasteiger partial charge in [-0.05, 0) is 38.1 Å². The fourth-order valence-electron chi connectivity index (χ4n) is 1.41. The van der Waals surface area contributed by atoms with Gasteiger partial charge in [-0.25, -0.2) is 0 Å². The van der Waals surface area contributed by atoms with Gasteiger partial charge >= 0.3 is 0 Å². The smallest absolute Gasteiger partial charge is 0.293 e. The molecule has 1 aromatic rings. The molecule has 0 saturated heterocycles. The fraction of sp³-hybridized carbons (Fsp3) is 0.364. The average Bonchev–Trinajstić information content (AvgIpc) is 2.23. The first kappa shape index (κ1) is 13.1. The number of nitro benzene ring substituents is 1. The predicted octanol–water partition coefficient (Wildman–Crippen LogP) is 1.37. The molecule has 0 heterocycles. The molecule has 0 atom stereocenters. The lowest BCUT2D eigenvalue weighted by Crippen LogP contribution is -2.25. The summed E-state index contributed by atoms with van der Waals surface area (Å²) >= 11 is 0. The zero-order valence-corrected chi connectivity index (χ0v) is 10.0. The third-order valence-corrected chi connectivity index (χ3v) is 2.42. The summed E-state index contributed by atoms with van der Waals surface area (Å²) in [5.74, 6) is -0.307. The van der Waals surface area contributed by atoms with Crippen molar-refractivity contribution in [1.29, 1.82) is 0 Å². The molecule has 0 aliphatic carbocycles. The molecule has 2 N–H and O–H groups in total. The maximum atomic E-state index is 11.4. The zero-order valence-electron chi connectivity index (χ0n) is 10.0. The van der Waals surface area contributed by atoms with Crippen LogP contribution in [-0.4, -0.2) is 24.4 Å². The SMILES string of the molecule is CNCC(=O)Nc1cc(C)c(C)cc1[N+](=O)[O-]. The Hall–Kier alpha value is -1.95. The lowest BCUT2D eigenvalue weighted by molar-refractivity contribution is -0.384. The van der Waals surface area contributed by atoms with E-state index in [-0.39, 0.29) is 23.8 Å². The highest BCUT2D eigenvalue weighted by atomic mass is 16.6. The number of amides is 1. The topological polar surface area (TPSA) is 84.3 Å². The van der Waals surface area contributed by atoms with Crippen molar-refractivity contribution in [3.63, 3.8) is 0 Å². The summed E-state index contributed by atoms with van der Waals surface area (Å²) in [6, 6.07) is 3.07. The zero-order chi connectivity index (χ0) is 13.0. The lowest BCUT2D eigenvalue weighted by Gasteiger charge is -2.08. The summed E-state index contributed by atoms with van der Waals surface area (Å²) in [5.41, 5.74) is 1.87. The molecule has 0 unspecified atom stereocenters. The summed E-state index contributed by atoms with van der Waals surface area (Å²) < 4.78 is 0. The van der Waals surface area contributed by atoms with Crippen LogP contribution in [0.1, 0.15) is 11.1 Å². The van der Waals surface area contributed by atoms with Crippen molar-refractivity contribution in [1.82, 2.24) is 5.32 Å².